The lowest BCUT2D eigenvalue weighted by Crippen LogP contribution is -2.15. The smallest absolute Gasteiger partial charge is 0.330 e. The predicted octanol–water partition coefficient (Wildman–Crippen LogP) is 3.53. The van der Waals surface area contributed by atoms with Crippen LogP contribution in [0.5, 0.6) is 11.5 Å². The number of carbonyl (C=O) groups excluding carboxylic acids is 1. The molecule has 7 heteroatoms. The molecule has 1 N–H and O–H groups in total. The maximum absolute atomic E-state index is 11.1. The van der Waals surface area contributed by atoms with E-state index < -0.39 is 5.97 Å². The molecule has 2 aromatic carbocycles. The lowest BCUT2D eigenvalue weighted by Gasteiger charge is -2.23. The second-order valence-corrected chi connectivity index (χ2v) is 7.29. The van der Waals surface area contributed by atoms with Gasteiger partial charge in [0, 0.05) is 17.7 Å². The van der Waals surface area contributed by atoms with Crippen LogP contribution < -0.4 is 4.74 Å². The minimum absolute atomic E-state index is 0.0931. The van der Waals surface area contributed by atoms with Gasteiger partial charge in [0.05, 0.1) is 0 Å². The topological polar surface area (TPSA) is 86.5 Å². The number of fused-ring (bicyclic) bond motifs is 1. The van der Waals surface area contributed by atoms with Crippen LogP contribution in [0.2, 0.25) is 0 Å². The summed E-state index contributed by atoms with van der Waals surface area (Å²) in [6.45, 7) is 9.59. The van der Waals surface area contributed by atoms with Crippen molar-refractivity contribution in [3.63, 3.8) is 0 Å². The maximum Gasteiger partial charge on any atom is 0.330 e. The first-order chi connectivity index (χ1) is 13.3. The van der Waals surface area contributed by atoms with Gasteiger partial charge in [-0.05, 0) is 23.6 Å². The molecule has 0 saturated carbocycles. The lowest BCUT2D eigenvalue weighted by molar-refractivity contribution is -0.138. The van der Waals surface area contributed by atoms with Gasteiger partial charge in [-0.15, -0.1) is 15.0 Å². The summed E-state index contributed by atoms with van der Waals surface area (Å²) in [5.41, 5.74) is 2.23. The molecule has 0 aliphatic heterocycles. The van der Waals surface area contributed by atoms with Crippen molar-refractivity contribution >= 4 is 17.0 Å². The van der Waals surface area contributed by atoms with E-state index in [9.17, 15) is 9.90 Å². The molecule has 0 fully saturated rings. The number of aromatic nitrogens is 3. The molecule has 0 aliphatic carbocycles. The molecule has 3 aromatic rings. The first-order valence-electron chi connectivity index (χ1n) is 8.91. The number of hydrogen-bond donors (Lipinski definition) is 1. The van der Waals surface area contributed by atoms with Crippen LogP contribution in [-0.4, -0.2) is 39.3 Å². The van der Waals surface area contributed by atoms with Crippen molar-refractivity contribution in [2.75, 3.05) is 13.2 Å². The molecule has 146 valence electrons. The Kier molecular flexibility index (Phi) is 5.35. The summed E-state index contributed by atoms with van der Waals surface area (Å²) in [6.07, 6.45) is 1.10. The number of rotatable bonds is 6. The fraction of sp³-hybridized carbons (Fsp3) is 0.286. The molecule has 7 nitrogen and oxygen atoms in total. The summed E-state index contributed by atoms with van der Waals surface area (Å²) in [6, 6.07) is 10.9. The Balaban J connectivity index is 1.96. The van der Waals surface area contributed by atoms with Crippen LogP contribution >= 0.6 is 0 Å². The van der Waals surface area contributed by atoms with Crippen molar-refractivity contribution in [1.82, 2.24) is 15.0 Å². The number of benzene rings is 2. The average molecular weight is 381 g/mol. The third-order valence-electron chi connectivity index (χ3n) is 4.14. The highest BCUT2D eigenvalue weighted by molar-refractivity contribution is 5.81. The number of esters is 1. The predicted molar refractivity (Wildman–Crippen MR) is 106 cm³/mol. The van der Waals surface area contributed by atoms with Gasteiger partial charge in [-0.2, -0.15) is 0 Å². The Morgan fingerprint density at radius 3 is 2.39 bits per heavy atom. The van der Waals surface area contributed by atoms with Gasteiger partial charge >= 0.3 is 5.97 Å². The fourth-order valence-electron chi connectivity index (χ4n) is 2.73. The molecule has 0 unspecified atom stereocenters. The Labute approximate surface area is 163 Å². The molecular formula is C21H23N3O4. The SMILES string of the molecule is C=CC(=O)OCCOc1cc(-n2nc3ccccc3n2)c(O)c(C(C)(C)C)c1. The number of carbonyl (C=O) groups is 1. The van der Waals surface area contributed by atoms with Crippen LogP contribution in [0, 0.1) is 0 Å². The van der Waals surface area contributed by atoms with Crippen molar-refractivity contribution in [1.29, 1.82) is 0 Å². The van der Waals surface area contributed by atoms with E-state index in [1.165, 1.54) is 4.80 Å². The summed E-state index contributed by atoms with van der Waals surface area (Å²) in [5.74, 6) is 0.116. The molecule has 0 bridgehead atoms. The average Bonchev–Trinajstić information content (AvgIpc) is 3.08. The van der Waals surface area contributed by atoms with Crippen LogP contribution in [-0.2, 0) is 14.9 Å². The molecule has 0 aliphatic rings. The van der Waals surface area contributed by atoms with Crippen LogP contribution in [0.4, 0.5) is 0 Å². The van der Waals surface area contributed by atoms with Gasteiger partial charge in [0.1, 0.15) is 41.4 Å². The minimum atomic E-state index is -0.502. The van der Waals surface area contributed by atoms with E-state index in [0.29, 0.717) is 17.0 Å². The zero-order valence-corrected chi connectivity index (χ0v) is 16.2. The van der Waals surface area contributed by atoms with E-state index in [-0.39, 0.29) is 24.4 Å². The molecule has 3 rings (SSSR count). The highest BCUT2D eigenvalue weighted by atomic mass is 16.6. The first kappa shape index (κ1) is 19.4. The van der Waals surface area contributed by atoms with Crippen molar-refractivity contribution < 1.29 is 19.4 Å². The number of nitrogens with zero attached hydrogens (tertiary/aromatic N) is 3. The summed E-state index contributed by atoms with van der Waals surface area (Å²) in [7, 11) is 0. The van der Waals surface area contributed by atoms with Gasteiger partial charge in [0.2, 0.25) is 0 Å². The lowest BCUT2D eigenvalue weighted by atomic mass is 9.86. The molecule has 0 amide bonds. The standard InChI is InChI=1S/C21H23N3O4/c1-5-19(25)28-11-10-27-14-12-15(21(2,3)4)20(26)18(13-14)24-22-16-8-6-7-9-17(16)23-24/h5-9,12-13,26H,1,10-11H2,2-4H3. The van der Waals surface area contributed by atoms with E-state index in [4.69, 9.17) is 9.47 Å². The van der Waals surface area contributed by atoms with Crippen LogP contribution in [0.25, 0.3) is 16.7 Å². The molecule has 0 atom stereocenters. The number of phenols is 1. The first-order valence-corrected chi connectivity index (χ1v) is 8.91. The van der Waals surface area contributed by atoms with Crippen molar-refractivity contribution in [3.8, 4) is 17.2 Å². The number of phenolic OH excluding ortho intramolecular Hbond substituents is 1. The van der Waals surface area contributed by atoms with E-state index in [1.807, 2.05) is 45.0 Å². The number of hydrogen-bond acceptors (Lipinski definition) is 6. The molecule has 1 aromatic heterocycles. The third-order valence-corrected chi connectivity index (χ3v) is 4.14. The Bertz CT molecular complexity index is 985. The van der Waals surface area contributed by atoms with E-state index in [2.05, 4.69) is 16.8 Å². The zero-order chi connectivity index (χ0) is 20.3. The van der Waals surface area contributed by atoms with Crippen molar-refractivity contribution in [2.24, 2.45) is 0 Å². The molecular weight excluding hydrogens is 358 g/mol. The van der Waals surface area contributed by atoms with E-state index in [1.54, 1.807) is 12.1 Å². The normalized spacial score (nSPS) is 11.4. The summed E-state index contributed by atoms with van der Waals surface area (Å²) in [4.78, 5) is 12.5. The van der Waals surface area contributed by atoms with Gasteiger partial charge in [0.15, 0.2) is 0 Å². The second kappa shape index (κ2) is 7.72. The van der Waals surface area contributed by atoms with Gasteiger partial charge < -0.3 is 14.6 Å². The minimum Gasteiger partial charge on any atom is -0.505 e. The molecule has 0 spiro atoms. The molecule has 0 radical (unpaired) electrons. The highest BCUT2D eigenvalue weighted by Crippen LogP contribution is 2.38. The quantitative estimate of drug-likeness (QED) is 0.399. The van der Waals surface area contributed by atoms with Gasteiger partial charge in [-0.1, -0.05) is 39.5 Å². The van der Waals surface area contributed by atoms with Gasteiger partial charge in [-0.3, -0.25) is 0 Å². The second-order valence-electron chi connectivity index (χ2n) is 7.29. The Morgan fingerprint density at radius 1 is 1.18 bits per heavy atom. The molecule has 28 heavy (non-hydrogen) atoms. The van der Waals surface area contributed by atoms with E-state index >= 15 is 0 Å². The Morgan fingerprint density at radius 2 is 1.82 bits per heavy atom. The number of aromatic hydroxyl groups is 1. The summed E-state index contributed by atoms with van der Waals surface area (Å²) >= 11 is 0. The summed E-state index contributed by atoms with van der Waals surface area (Å²) in [5, 5.41) is 19.8. The third kappa shape index (κ3) is 4.14. The molecule has 1 heterocycles. The maximum atomic E-state index is 11.1. The van der Waals surface area contributed by atoms with E-state index in [0.717, 1.165) is 17.1 Å². The molecule has 0 saturated heterocycles. The van der Waals surface area contributed by atoms with Crippen molar-refractivity contribution in [3.05, 3.63) is 54.6 Å². The van der Waals surface area contributed by atoms with Crippen LogP contribution in [0.3, 0.4) is 0 Å². The monoisotopic (exact) mass is 381 g/mol. The van der Waals surface area contributed by atoms with Gasteiger partial charge in [0.25, 0.3) is 0 Å². The largest absolute Gasteiger partial charge is 0.505 e. The highest BCUT2D eigenvalue weighted by Gasteiger charge is 2.23. The fourth-order valence-corrected chi connectivity index (χ4v) is 2.73. The zero-order valence-electron chi connectivity index (χ0n) is 16.2. The number of ether oxygens (including phenoxy) is 2. The van der Waals surface area contributed by atoms with Crippen LogP contribution in [0.1, 0.15) is 26.3 Å². The van der Waals surface area contributed by atoms with Crippen LogP contribution in [0.15, 0.2) is 49.1 Å². The summed E-state index contributed by atoms with van der Waals surface area (Å²) < 4.78 is 10.7. The Hall–Kier alpha value is -3.35. The van der Waals surface area contributed by atoms with Crippen molar-refractivity contribution in [2.45, 2.75) is 26.2 Å². The van der Waals surface area contributed by atoms with Gasteiger partial charge in [-0.25, -0.2) is 4.79 Å².